The van der Waals surface area contributed by atoms with Crippen LogP contribution in [0.1, 0.15) is 21.7 Å². The number of rotatable bonds is 5. The van der Waals surface area contributed by atoms with Crippen LogP contribution in [-0.4, -0.2) is 21.3 Å². The van der Waals surface area contributed by atoms with Crippen LogP contribution in [0.25, 0.3) is 21.9 Å². The van der Waals surface area contributed by atoms with Gasteiger partial charge in [-0.1, -0.05) is 41.1 Å². The molecule has 130 valence electrons. The summed E-state index contributed by atoms with van der Waals surface area (Å²) in [6.45, 7) is 2.04. The zero-order valence-electron chi connectivity index (χ0n) is 13.9. The number of benzene rings is 1. The molecule has 4 aromatic rings. The number of carbonyl (C=O) groups is 1. The molecule has 0 amide bonds. The highest BCUT2D eigenvalue weighted by atomic mass is 32.1. The fraction of sp³-hybridized carbons (Fsp3) is 0.105. The molecule has 6 nitrogen and oxygen atoms in total. The molecule has 1 aromatic carbocycles. The van der Waals surface area contributed by atoms with Crippen molar-refractivity contribution in [2.45, 2.75) is 13.5 Å². The van der Waals surface area contributed by atoms with Crippen molar-refractivity contribution in [3.8, 4) is 21.9 Å². The predicted molar refractivity (Wildman–Crippen MR) is 97.7 cm³/mol. The van der Waals surface area contributed by atoms with Crippen molar-refractivity contribution in [2.24, 2.45) is 0 Å². The number of aromatic amines is 1. The number of hydrogen-bond acceptors (Lipinski definition) is 6. The Morgan fingerprint density at radius 2 is 2.08 bits per heavy atom. The monoisotopic (exact) mass is 365 g/mol. The second-order valence-electron chi connectivity index (χ2n) is 5.77. The van der Waals surface area contributed by atoms with E-state index in [2.05, 4.69) is 15.4 Å². The number of aryl methyl sites for hydroxylation is 1. The van der Waals surface area contributed by atoms with Crippen LogP contribution >= 0.6 is 11.3 Å². The minimum absolute atomic E-state index is 0.0232. The molecular formula is C19H15N3O3S. The van der Waals surface area contributed by atoms with Gasteiger partial charge >= 0.3 is 5.97 Å². The van der Waals surface area contributed by atoms with E-state index in [1.807, 2.05) is 48.7 Å². The van der Waals surface area contributed by atoms with Crippen molar-refractivity contribution in [3.05, 3.63) is 70.9 Å². The molecule has 0 bridgehead atoms. The number of carbonyl (C=O) groups excluding carboxylic acids is 1. The van der Waals surface area contributed by atoms with Gasteiger partial charge in [0.25, 0.3) is 0 Å². The number of H-pyrrole nitrogens is 1. The van der Waals surface area contributed by atoms with Crippen LogP contribution in [-0.2, 0) is 11.3 Å². The lowest BCUT2D eigenvalue weighted by Crippen LogP contribution is -2.05. The van der Waals surface area contributed by atoms with Gasteiger partial charge in [-0.25, -0.2) is 4.79 Å². The maximum atomic E-state index is 12.2. The molecule has 3 aromatic heterocycles. The second kappa shape index (κ2) is 6.97. The molecule has 0 radical (unpaired) electrons. The smallest absolute Gasteiger partial charge is 0.359 e. The highest BCUT2D eigenvalue weighted by Crippen LogP contribution is 2.24. The average molecular weight is 365 g/mol. The van der Waals surface area contributed by atoms with Crippen LogP contribution in [0, 0.1) is 6.92 Å². The van der Waals surface area contributed by atoms with Crippen molar-refractivity contribution in [1.29, 1.82) is 0 Å². The molecule has 0 saturated carbocycles. The zero-order valence-corrected chi connectivity index (χ0v) is 14.7. The predicted octanol–water partition coefficient (Wildman–Crippen LogP) is 4.46. The Hall–Kier alpha value is -3.19. The van der Waals surface area contributed by atoms with Crippen LogP contribution in [0.2, 0.25) is 0 Å². The molecular weight excluding hydrogens is 350 g/mol. The molecule has 0 aliphatic rings. The maximum Gasteiger partial charge on any atom is 0.359 e. The molecule has 0 aliphatic heterocycles. The minimum atomic E-state index is -0.510. The van der Waals surface area contributed by atoms with Gasteiger partial charge in [0, 0.05) is 11.6 Å². The average Bonchev–Trinajstić information content (AvgIpc) is 3.41. The van der Waals surface area contributed by atoms with Crippen molar-refractivity contribution in [2.75, 3.05) is 0 Å². The summed E-state index contributed by atoms with van der Waals surface area (Å²) in [7, 11) is 0. The number of thiophene rings is 1. The second-order valence-corrected chi connectivity index (χ2v) is 6.72. The van der Waals surface area contributed by atoms with Crippen LogP contribution in [0.3, 0.4) is 0 Å². The summed E-state index contributed by atoms with van der Waals surface area (Å²) in [6.07, 6.45) is 0. The largest absolute Gasteiger partial charge is 0.454 e. The van der Waals surface area contributed by atoms with Crippen LogP contribution in [0.5, 0.6) is 0 Å². The highest BCUT2D eigenvalue weighted by molar-refractivity contribution is 7.13. The van der Waals surface area contributed by atoms with Crippen molar-refractivity contribution >= 4 is 17.3 Å². The van der Waals surface area contributed by atoms with E-state index in [1.165, 1.54) is 5.56 Å². The van der Waals surface area contributed by atoms with Crippen LogP contribution in [0.15, 0.2) is 58.4 Å². The SMILES string of the molecule is Cc1ccc(-c2cc(COC(=O)c3cc(-c4cccs4)[nH]n3)no2)cc1. The molecule has 7 heteroatoms. The molecule has 4 rings (SSSR count). The fourth-order valence-electron chi connectivity index (χ4n) is 2.43. The minimum Gasteiger partial charge on any atom is -0.454 e. The number of esters is 1. The van der Waals surface area contributed by atoms with Gasteiger partial charge in [0.05, 0.1) is 10.6 Å². The summed E-state index contributed by atoms with van der Waals surface area (Å²) < 4.78 is 10.6. The Labute approximate surface area is 153 Å². The third kappa shape index (κ3) is 3.43. The standard InChI is InChI=1S/C19H15N3O3S/c1-12-4-6-13(7-5-12)17-9-14(22-25-17)11-24-19(23)16-10-15(20-21-16)18-3-2-8-26-18/h2-10H,11H2,1H3,(H,20,21). The summed E-state index contributed by atoms with van der Waals surface area (Å²) in [4.78, 5) is 13.2. The van der Waals surface area contributed by atoms with E-state index in [-0.39, 0.29) is 12.3 Å². The van der Waals surface area contributed by atoms with Gasteiger partial charge < -0.3 is 9.26 Å². The third-order valence-corrected chi connectivity index (χ3v) is 4.72. The van der Waals surface area contributed by atoms with Gasteiger partial charge in [-0.15, -0.1) is 11.3 Å². The van der Waals surface area contributed by atoms with Crippen molar-refractivity contribution in [1.82, 2.24) is 15.4 Å². The zero-order chi connectivity index (χ0) is 17.9. The Kier molecular flexibility index (Phi) is 4.37. The van der Waals surface area contributed by atoms with Crippen molar-refractivity contribution in [3.63, 3.8) is 0 Å². The van der Waals surface area contributed by atoms with E-state index < -0.39 is 5.97 Å². The van der Waals surface area contributed by atoms with Gasteiger partial charge in [-0.3, -0.25) is 5.10 Å². The quantitative estimate of drug-likeness (QED) is 0.528. The molecule has 3 heterocycles. The van der Waals surface area contributed by atoms with Crippen molar-refractivity contribution < 1.29 is 14.1 Å². The molecule has 0 saturated heterocycles. The summed E-state index contributed by atoms with van der Waals surface area (Å²) in [5, 5.41) is 12.8. The number of nitrogens with zero attached hydrogens (tertiary/aromatic N) is 2. The van der Waals surface area contributed by atoms with Crippen LogP contribution in [0.4, 0.5) is 0 Å². The Morgan fingerprint density at radius 3 is 2.85 bits per heavy atom. The van der Waals surface area contributed by atoms with E-state index >= 15 is 0 Å². The van der Waals surface area contributed by atoms with Gasteiger partial charge in [-0.2, -0.15) is 5.10 Å². The molecule has 1 N–H and O–H groups in total. The lowest BCUT2D eigenvalue weighted by Gasteiger charge is -1.98. The molecule has 0 atom stereocenters. The third-order valence-electron chi connectivity index (χ3n) is 3.82. The Morgan fingerprint density at radius 1 is 1.23 bits per heavy atom. The van der Waals surface area contributed by atoms with Gasteiger partial charge in [-0.05, 0) is 24.4 Å². The van der Waals surface area contributed by atoms with E-state index in [0.29, 0.717) is 11.5 Å². The highest BCUT2D eigenvalue weighted by Gasteiger charge is 2.15. The summed E-state index contributed by atoms with van der Waals surface area (Å²) >= 11 is 1.57. The number of aromatic nitrogens is 3. The van der Waals surface area contributed by atoms with Crippen LogP contribution < -0.4 is 0 Å². The van der Waals surface area contributed by atoms with E-state index in [4.69, 9.17) is 9.26 Å². The molecule has 0 unspecified atom stereocenters. The first-order valence-electron chi connectivity index (χ1n) is 7.98. The fourth-order valence-corrected chi connectivity index (χ4v) is 3.12. The first-order chi connectivity index (χ1) is 12.7. The first-order valence-corrected chi connectivity index (χ1v) is 8.86. The lowest BCUT2D eigenvalue weighted by molar-refractivity contribution is 0.0457. The normalized spacial score (nSPS) is 10.8. The Bertz CT molecular complexity index is 1020. The topological polar surface area (TPSA) is 81.0 Å². The van der Waals surface area contributed by atoms with E-state index in [9.17, 15) is 4.79 Å². The van der Waals surface area contributed by atoms with Gasteiger partial charge in [0.15, 0.2) is 11.5 Å². The van der Waals surface area contributed by atoms with Gasteiger partial charge in [0.1, 0.15) is 12.3 Å². The molecule has 0 spiro atoms. The molecule has 0 aliphatic carbocycles. The van der Waals surface area contributed by atoms with E-state index in [1.54, 1.807) is 23.5 Å². The molecule has 26 heavy (non-hydrogen) atoms. The number of ether oxygens (including phenoxy) is 1. The lowest BCUT2D eigenvalue weighted by atomic mass is 10.1. The maximum absolute atomic E-state index is 12.2. The van der Waals surface area contributed by atoms with E-state index in [0.717, 1.165) is 16.1 Å². The first kappa shape index (κ1) is 16.3. The summed E-state index contributed by atoms with van der Waals surface area (Å²) in [5.74, 6) is 0.125. The van der Waals surface area contributed by atoms with Gasteiger partial charge in [0.2, 0.25) is 0 Å². The number of nitrogens with one attached hydrogen (secondary N) is 1. The number of hydrogen-bond donors (Lipinski definition) is 1. The summed E-state index contributed by atoms with van der Waals surface area (Å²) in [5.41, 5.74) is 3.66. The summed E-state index contributed by atoms with van der Waals surface area (Å²) in [6, 6.07) is 15.3. The Balaban J connectivity index is 1.40. The molecule has 0 fully saturated rings.